The molecule has 0 radical (unpaired) electrons. The topological polar surface area (TPSA) is 69.0 Å². The van der Waals surface area contributed by atoms with Crippen LogP contribution in [0.5, 0.6) is 5.75 Å². The smallest absolute Gasteiger partial charge is 0.255 e. The maximum Gasteiger partial charge on any atom is 0.255 e. The van der Waals surface area contributed by atoms with Gasteiger partial charge in [0.1, 0.15) is 16.8 Å². The van der Waals surface area contributed by atoms with Gasteiger partial charge in [-0.25, -0.2) is 0 Å². The van der Waals surface area contributed by atoms with E-state index < -0.39 is 0 Å². The number of anilines is 1. The number of aryl methyl sites for hydroxylation is 1. The molecule has 4 rings (SSSR count). The highest BCUT2D eigenvalue weighted by Gasteiger charge is 2.10. The number of carbonyl (C=O) groups excluding carboxylic acids is 1. The molecular weight excluding hydrogens is 376 g/mol. The molecule has 30 heavy (non-hydrogen) atoms. The highest BCUT2D eigenvalue weighted by atomic mass is 16.5. The molecule has 0 saturated carbocycles. The van der Waals surface area contributed by atoms with Crippen LogP contribution in [-0.4, -0.2) is 27.5 Å². The summed E-state index contributed by atoms with van der Waals surface area (Å²) < 4.78 is 5.70. The molecule has 0 atom stereocenters. The van der Waals surface area contributed by atoms with Crippen LogP contribution < -0.4 is 10.1 Å². The summed E-state index contributed by atoms with van der Waals surface area (Å²) in [4.78, 5) is 14.3. The first-order valence-electron chi connectivity index (χ1n) is 10.1. The standard InChI is InChI=1S/C24H24N4O2/c1-3-4-14-30-21-7-5-6-18(15-21)24(29)25-19-10-13-22-23(16-19)27-28(26-22)20-11-8-17(2)9-12-20/h5-13,15-16H,3-4,14H2,1-2H3,(H,25,29). The Morgan fingerprint density at radius 1 is 1.00 bits per heavy atom. The normalized spacial score (nSPS) is 10.9. The zero-order chi connectivity index (χ0) is 20.9. The number of rotatable bonds is 7. The Hall–Kier alpha value is -3.67. The van der Waals surface area contributed by atoms with E-state index in [0.717, 1.165) is 24.0 Å². The molecule has 3 aromatic carbocycles. The number of hydrogen-bond donors (Lipinski definition) is 1. The van der Waals surface area contributed by atoms with Gasteiger partial charge in [-0.05, 0) is 61.9 Å². The molecule has 0 saturated heterocycles. The van der Waals surface area contributed by atoms with Gasteiger partial charge in [0.2, 0.25) is 0 Å². The van der Waals surface area contributed by atoms with E-state index in [1.165, 1.54) is 5.56 Å². The molecule has 6 nitrogen and oxygen atoms in total. The largest absolute Gasteiger partial charge is 0.494 e. The van der Waals surface area contributed by atoms with E-state index in [-0.39, 0.29) is 5.91 Å². The minimum absolute atomic E-state index is 0.193. The van der Waals surface area contributed by atoms with Crippen molar-refractivity contribution in [3.8, 4) is 11.4 Å². The molecule has 0 aliphatic carbocycles. The molecule has 1 aromatic heterocycles. The number of aromatic nitrogens is 3. The van der Waals surface area contributed by atoms with Crippen LogP contribution in [0.25, 0.3) is 16.7 Å². The summed E-state index contributed by atoms with van der Waals surface area (Å²) in [5, 5.41) is 12.0. The van der Waals surface area contributed by atoms with E-state index in [1.54, 1.807) is 16.9 Å². The number of nitrogens with zero attached hydrogens (tertiary/aromatic N) is 3. The minimum Gasteiger partial charge on any atom is -0.494 e. The van der Waals surface area contributed by atoms with E-state index >= 15 is 0 Å². The van der Waals surface area contributed by atoms with E-state index in [1.807, 2.05) is 61.5 Å². The summed E-state index contributed by atoms with van der Waals surface area (Å²) in [6.07, 6.45) is 2.05. The van der Waals surface area contributed by atoms with E-state index in [2.05, 4.69) is 22.4 Å². The highest BCUT2D eigenvalue weighted by Crippen LogP contribution is 2.20. The minimum atomic E-state index is -0.193. The lowest BCUT2D eigenvalue weighted by atomic mass is 10.2. The van der Waals surface area contributed by atoms with Crippen LogP contribution in [0, 0.1) is 6.92 Å². The SMILES string of the molecule is CCCCOc1cccc(C(=O)Nc2ccc3nn(-c4ccc(C)cc4)nc3c2)c1. The summed E-state index contributed by atoms with van der Waals surface area (Å²) in [5.74, 6) is 0.508. The highest BCUT2D eigenvalue weighted by molar-refractivity contribution is 6.05. The first kappa shape index (κ1) is 19.6. The molecule has 1 heterocycles. The Labute approximate surface area is 175 Å². The third-order valence-corrected chi connectivity index (χ3v) is 4.77. The summed E-state index contributed by atoms with van der Waals surface area (Å²) >= 11 is 0. The summed E-state index contributed by atoms with van der Waals surface area (Å²) in [5.41, 5.74) is 4.76. The van der Waals surface area contributed by atoms with Gasteiger partial charge in [-0.15, -0.1) is 10.2 Å². The van der Waals surface area contributed by atoms with E-state index in [0.29, 0.717) is 29.1 Å². The van der Waals surface area contributed by atoms with Gasteiger partial charge in [-0.3, -0.25) is 4.79 Å². The molecule has 0 aliphatic heterocycles. The molecule has 1 amide bonds. The van der Waals surface area contributed by atoms with Crippen molar-refractivity contribution in [2.24, 2.45) is 0 Å². The Morgan fingerprint density at radius 2 is 1.80 bits per heavy atom. The fourth-order valence-electron chi connectivity index (χ4n) is 3.05. The average molecular weight is 400 g/mol. The predicted octanol–water partition coefficient (Wildman–Crippen LogP) is 5.16. The summed E-state index contributed by atoms with van der Waals surface area (Å²) in [6, 6.07) is 20.7. The van der Waals surface area contributed by atoms with Crippen LogP contribution in [0.1, 0.15) is 35.7 Å². The average Bonchev–Trinajstić information content (AvgIpc) is 3.18. The number of unbranched alkanes of at least 4 members (excludes halogenated alkanes) is 1. The third-order valence-electron chi connectivity index (χ3n) is 4.77. The number of benzene rings is 3. The molecule has 0 spiro atoms. The molecule has 152 valence electrons. The van der Waals surface area contributed by atoms with Crippen LogP contribution in [0.15, 0.2) is 66.7 Å². The quantitative estimate of drug-likeness (QED) is 0.435. The molecule has 0 fully saturated rings. The van der Waals surface area contributed by atoms with Gasteiger partial charge in [0.05, 0.1) is 12.3 Å². The number of ether oxygens (including phenoxy) is 1. The van der Waals surface area contributed by atoms with Crippen LogP contribution in [0.4, 0.5) is 5.69 Å². The maximum absolute atomic E-state index is 12.7. The maximum atomic E-state index is 12.7. The monoisotopic (exact) mass is 400 g/mol. The molecule has 0 bridgehead atoms. The number of carbonyl (C=O) groups is 1. The lowest BCUT2D eigenvalue weighted by Crippen LogP contribution is -2.12. The van der Waals surface area contributed by atoms with Crippen molar-refractivity contribution in [3.05, 3.63) is 77.9 Å². The predicted molar refractivity (Wildman–Crippen MR) is 118 cm³/mol. The van der Waals surface area contributed by atoms with Crippen molar-refractivity contribution in [3.63, 3.8) is 0 Å². The Balaban J connectivity index is 1.50. The number of fused-ring (bicyclic) bond motifs is 1. The zero-order valence-electron chi connectivity index (χ0n) is 17.1. The Kier molecular flexibility index (Phi) is 5.75. The second kappa shape index (κ2) is 8.78. The number of nitrogens with one attached hydrogen (secondary N) is 1. The molecule has 6 heteroatoms. The van der Waals surface area contributed by atoms with Crippen LogP contribution in [0.3, 0.4) is 0 Å². The third kappa shape index (κ3) is 4.49. The molecule has 0 aliphatic rings. The van der Waals surface area contributed by atoms with Gasteiger partial charge in [0.15, 0.2) is 0 Å². The number of hydrogen-bond acceptors (Lipinski definition) is 4. The van der Waals surface area contributed by atoms with E-state index in [4.69, 9.17) is 4.74 Å². The van der Waals surface area contributed by atoms with Gasteiger partial charge < -0.3 is 10.1 Å². The van der Waals surface area contributed by atoms with Crippen molar-refractivity contribution in [2.45, 2.75) is 26.7 Å². The first-order valence-corrected chi connectivity index (χ1v) is 10.1. The van der Waals surface area contributed by atoms with Crippen molar-refractivity contribution in [2.75, 3.05) is 11.9 Å². The van der Waals surface area contributed by atoms with Crippen LogP contribution in [0.2, 0.25) is 0 Å². The van der Waals surface area contributed by atoms with Crippen molar-refractivity contribution in [1.29, 1.82) is 0 Å². The van der Waals surface area contributed by atoms with Crippen LogP contribution >= 0.6 is 0 Å². The van der Waals surface area contributed by atoms with Gasteiger partial charge in [0.25, 0.3) is 5.91 Å². The molecule has 0 unspecified atom stereocenters. The summed E-state index contributed by atoms with van der Waals surface area (Å²) in [7, 11) is 0. The van der Waals surface area contributed by atoms with Crippen molar-refractivity contribution >= 4 is 22.6 Å². The first-order chi connectivity index (χ1) is 14.6. The lowest BCUT2D eigenvalue weighted by Gasteiger charge is -2.08. The van der Waals surface area contributed by atoms with Gasteiger partial charge in [-0.1, -0.05) is 37.1 Å². The Morgan fingerprint density at radius 3 is 2.60 bits per heavy atom. The summed E-state index contributed by atoms with van der Waals surface area (Å²) in [6.45, 7) is 4.80. The van der Waals surface area contributed by atoms with Gasteiger partial charge in [0, 0.05) is 11.3 Å². The van der Waals surface area contributed by atoms with Gasteiger partial charge >= 0.3 is 0 Å². The molecular formula is C24H24N4O2. The number of amides is 1. The molecule has 4 aromatic rings. The molecule has 1 N–H and O–H groups in total. The second-order valence-electron chi connectivity index (χ2n) is 7.21. The second-order valence-corrected chi connectivity index (χ2v) is 7.21. The lowest BCUT2D eigenvalue weighted by molar-refractivity contribution is 0.102. The zero-order valence-corrected chi connectivity index (χ0v) is 17.1. The van der Waals surface area contributed by atoms with Gasteiger partial charge in [-0.2, -0.15) is 4.80 Å². The Bertz CT molecular complexity index is 1170. The van der Waals surface area contributed by atoms with Crippen molar-refractivity contribution < 1.29 is 9.53 Å². The fraction of sp³-hybridized carbons (Fsp3) is 0.208. The van der Waals surface area contributed by atoms with E-state index in [9.17, 15) is 4.79 Å². The van der Waals surface area contributed by atoms with Crippen LogP contribution in [-0.2, 0) is 0 Å². The fourth-order valence-corrected chi connectivity index (χ4v) is 3.05. The van der Waals surface area contributed by atoms with Crippen molar-refractivity contribution in [1.82, 2.24) is 15.0 Å².